The Hall–Kier alpha value is -1.35. The van der Waals surface area contributed by atoms with Gasteiger partial charge in [-0.2, -0.15) is 0 Å². The Labute approximate surface area is 121 Å². The zero-order valence-electron chi connectivity index (χ0n) is 12.7. The van der Waals surface area contributed by atoms with E-state index in [0.29, 0.717) is 6.04 Å². The largest absolute Gasteiger partial charge is 0.327 e. The molecular weight excluding hydrogens is 246 g/mol. The monoisotopic (exact) mass is 271 g/mol. The van der Waals surface area contributed by atoms with E-state index in [2.05, 4.69) is 41.9 Å². The molecule has 1 saturated carbocycles. The first-order chi connectivity index (χ1) is 9.78. The average Bonchev–Trinajstić information content (AvgIpc) is 3.05. The normalized spacial score (nSPS) is 16.3. The van der Waals surface area contributed by atoms with E-state index in [1.54, 1.807) is 0 Å². The van der Waals surface area contributed by atoms with Crippen LogP contribution in [0.1, 0.15) is 50.4 Å². The fraction of sp³-hybridized carbons (Fsp3) is 0.588. The molecule has 3 nitrogen and oxygen atoms in total. The molecule has 0 bridgehead atoms. The van der Waals surface area contributed by atoms with E-state index in [9.17, 15) is 0 Å². The van der Waals surface area contributed by atoms with Crippen molar-refractivity contribution in [1.82, 2.24) is 14.9 Å². The molecular formula is C17H25N3. The predicted octanol–water partition coefficient (Wildman–Crippen LogP) is 3.79. The zero-order valence-corrected chi connectivity index (χ0v) is 12.7. The van der Waals surface area contributed by atoms with Gasteiger partial charge in [0.25, 0.3) is 0 Å². The standard InChI is InChI=1S/C17H25N3/c1-3-10-20-16-9-8-13(2)11-15(16)19-17(20)12-18-14-6-4-5-7-14/h8-9,11,14,18H,3-7,10,12H2,1-2H3. The summed E-state index contributed by atoms with van der Waals surface area (Å²) in [5.74, 6) is 1.19. The lowest BCUT2D eigenvalue weighted by molar-refractivity contribution is 0.500. The molecule has 0 amide bonds. The van der Waals surface area contributed by atoms with Gasteiger partial charge in [0.2, 0.25) is 0 Å². The molecule has 0 saturated heterocycles. The van der Waals surface area contributed by atoms with Crippen molar-refractivity contribution in [3.63, 3.8) is 0 Å². The molecule has 20 heavy (non-hydrogen) atoms. The number of imidazole rings is 1. The second kappa shape index (κ2) is 5.96. The van der Waals surface area contributed by atoms with E-state index in [1.807, 2.05) is 0 Å². The van der Waals surface area contributed by atoms with Gasteiger partial charge >= 0.3 is 0 Å². The molecule has 1 aromatic heterocycles. The maximum atomic E-state index is 4.85. The molecule has 1 heterocycles. The molecule has 0 unspecified atom stereocenters. The van der Waals surface area contributed by atoms with Crippen molar-refractivity contribution >= 4 is 11.0 Å². The number of fused-ring (bicyclic) bond motifs is 1. The van der Waals surface area contributed by atoms with Crippen LogP contribution in [0, 0.1) is 6.92 Å². The maximum Gasteiger partial charge on any atom is 0.123 e. The van der Waals surface area contributed by atoms with Gasteiger partial charge in [-0.05, 0) is 43.9 Å². The average molecular weight is 271 g/mol. The topological polar surface area (TPSA) is 29.9 Å². The van der Waals surface area contributed by atoms with Gasteiger partial charge in [-0.25, -0.2) is 4.98 Å². The van der Waals surface area contributed by atoms with Crippen LogP contribution >= 0.6 is 0 Å². The first-order valence-corrected chi connectivity index (χ1v) is 7.97. The lowest BCUT2D eigenvalue weighted by Crippen LogP contribution is -2.27. The SMILES string of the molecule is CCCn1c(CNC2CCCC2)nc2cc(C)ccc21. The number of nitrogens with zero attached hydrogens (tertiary/aromatic N) is 2. The van der Waals surface area contributed by atoms with E-state index in [-0.39, 0.29) is 0 Å². The Bertz CT molecular complexity index is 579. The highest BCUT2D eigenvalue weighted by atomic mass is 15.1. The number of nitrogens with one attached hydrogen (secondary N) is 1. The van der Waals surface area contributed by atoms with Crippen molar-refractivity contribution in [3.8, 4) is 0 Å². The van der Waals surface area contributed by atoms with Crippen molar-refractivity contribution < 1.29 is 0 Å². The summed E-state index contributed by atoms with van der Waals surface area (Å²) in [7, 11) is 0. The molecule has 1 aliphatic rings. The van der Waals surface area contributed by atoms with Gasteiger partial charge < -0.3 is 9.88 Å². The highest BCUT2D eigenvalue weighted by Crippen LogP contribution is 2.21. The van der Waals surface area contributed by atoms with Crippen LogP contribution in [0.25, 0.3) is 11.0 Å². The van der Waals surface area contributed by atoms with Crippen LogP contribution in [0.3, 0.4) is 0 Å². The van der Waals surface area contributed by atoms with Crippen molar-refractivity contribution in [2.45, 2.75) is 65.1 Å². The summed E-state index contributed by atoms with van der Waals surface area (Å²) in [4.78, 5) is 4.85. The molecule has 0 radical (unpaired) electrons. The lowest BCUT2D eigenvalue weighted by atomic mass is 10.2. The van der Waals surface area contributed by atoms with Gasteiger partial charge in [0.05, 0.1) is 17.6 Å². The van der Waals surface area contributed by atoms with E-state index in [4.69, 9.17) is 4.98 Å². The lowest BCUT2D eigenvalue weighted by Gasteiger charge is -2.13. The third-order valence-electron chi connectivity index (χ3n) is 4.33. The number of benzene rings is 1. The highest BCUT2D eigenvalue weighted by molar-refractivity contribution is 5.76. The summed E-state index contributed by atoms with van der Waals surface area (Å²) in [5, 5.41) is 3.69. The van der Waals surface area contributed by atoms with E-state index < -0.39 is 0 Å². The summed E-state index contributed by atoms with van der Waals surface area (Å²) < 4.78 is 2.39. The third kappa shape index (κ3) is 2.73. The molecule has 1 fully saturated rings. The molecule has 0 aliphatic heterocycles. The number of aryl methyl sites for hydroxylation is 2. The van der Waals surface area contributed by atoms with Crippen molar-refractivity contribution in [3.05, 3.63) is 29.6 Å². The van der Waals surface area contributed by atoms with E-state index >= 15 is 0 Å². The Morgan fingerprint density at radius 2 is 2.10 bits per heavy atom. The quantitative estimate of drug-likeness (QED) is 0.896. The van der Waals surface area contributed by atoms with Gasteiger partial charge in [0.1, 0.15) is 5.82 Å². The molecule has 1 N–H and O–H groups in total. The Balaban J connectivity index is 1.85. The third-order valence-corrected chi connectivity index (χ3v) is 4.33. The fourth-order valence-corrected chi connectivity index (χ4v) is 3.26. The van der Waals surface area contributed by atoms with Crippen LogP contribution in [-0.2, 0) is 13.1 Å². The van der Waals surface area contributed by atoms with Crippen LogP contribution in [-0.4, -0.2) is 15.6 Å². The molecule has 1 aromatic carbocycles. The molecule has 2 aromatic rings. The number of aromatic nitrogens is 2. The van der Waals surface area contributed by atoms with E-state index in [0.717, 1.165) is 25.0 Å². The van der Waals surface area contributed by atoms with Gasteiger partial charge in [-0.15, -0.1) is 0 Å². The Kier molecular flexibility index (Phi) is 4.06. The van der Waals surface area contributed by atoms with Gasteiger partial charge in [0.15, 0.2) is 0 Å². The summed E-state index contributed by atoms with van der Waals surface area (Å²) in [5.41, 5.74) is 3.70. The predicted molar refractivity (Wildman–Crippen MR) is 83.9 cm³/mol. The minimum absolute atomic E-state index is 0.701. The maximum absolute atomic E-state index is 4.85. The van der Waals surface area contributed by atoms with Gasteiger partial charge in [-0.1, -0.05) is 25.8 Å². The first-order valence-electron chi connectivity index (χ1n) is 7.97. The minimum Gasteiger partial charge on any atom is -0.327 e. The summed E-state index contributed by atoms with van der Waals surface area (Å²) in [6.45, 7) is 6.32. The van der Waals surface area contributed by atoms with Crippen molar-refractivity contribution in [2.24, 2.45) is 0 Å². The number of rotatable bonds is 5. The fourth-order valence-electron chi connectivity index (χ4n) is 3.26. The van der Waals surface area contributed by atoms with Crippen LogP contribution in [0.4, 0.5) is 0 Å². The zero-order chi connectivity index (χ0) is 13.9. The smallest absolute Gasteiger partial charge is 0.123 e. The van der Waals surface area contributed by atoms with E-state index in [1.165, 1.54) is 42.6 Å². The first kappa shape index (κ1) is 13.6. The van der Waals surface area contributed by atoms with Crippen LogP contribution in [0.15, 0.2) is 18.2 Å². The number of hydrogen-bond donors (Lipinski definition) is 1. The second-order valence-corrected chi connectivity index (χ2v) is 6.03. The summed E-state index contributed by atoms with van der Waals surface area (Å²) in [6.07, 6.45) is 6.56. The summed E-state index contributed by atoms with van der Waals surface area (Å²) in [6, 6.07) is 7.30. The molecule has 3 heteroatoms. The van der Waals surface area contributed by atoms with Gasteiger partial charge in [-0.3, -0.25) is 0 Å². The molecule has 0 atom stereocenters. The highest BCUT2D eigenvalue weighted by Gasteiger charge is 2.16. The molecule has 0 spiro atoms. The molecule has 1 aliphatic carbocycles. The summed E-state index contributed by atoms with van der Waals surface area (Å²) >= 11 is 0. The van der Waals surface area contributed by atoms with Crippen molar-refractivity contribution in [2.75, 3.05) is 0 Å². The van der Waals surface area contributed by atoms with Crippen LogP contribution < -0.4 is 5.32 Å². The second-order valence-electron chi connectivity index (χ2n) is 6.03. The van der Waals surface area contributed by atoms with Crippen LogP contribution in [0.2, 0.25) is 0 Å². The Morgan fingerprint density at radius 1 is 1.30 bits per heavy atom. The molecule has 108 valence electrons. The van der Waals surface area contributed by atoms with Crippen LogP contribution in [0.5, 0.6) is 0 Å². The molecule has 3 rings (SSSR count). The van der Waals surface area contributed by atoms with Crippen molar-refractivity contribution in [1.29, 1.82) is 0 Å². The van der Waals surface area contributed by atoms with Gasteiger partial charge in [0, 0.05) is 12.6 Å². The Morgan fingerprint density at radius 3 is 2.85 bits per heavy atom. The number of hydrogen-bond acceptors (Lipinski definition) is 2. The minimum atomic E-state index is 0.701.